The molecule has 1 aromatic rings. The first-order valence-corrected chi connectivity index (χ1v) is 8.27. The van der Waals surface area contributed by atoms with Crippen molar-refractivity contribution in [3.05, 3.63) is 29.3 Å². The minimum atomic E-state index is -0.949. The van der Waals surface area contributed by atoms with E-state index in [4.69, 9.17) is 5.73 Å². The number of fused-ring (bicyclic) bond motifs is 1. The highest BCUT2D eigenvalue weighted by atomic mass is 16.2. The van der Waals surface area contributed by atoms with Gasteiger partial charge in [-0.3, -0.25) is 29.4 Å². The molecule has 1 saturated heterocycles. The zero-order valence-corrected chi connectivity index (χ0v) is 13.9. The van der Waals surface area contributed by atoms with E-state index in [1.54, 1.807) is 18.2 Å². The van der Waals surface area contributed by atoms with Crippen LogP contribution < -0.4 is 16.4 Å². The van der Waals surface area contributed by atoms with Gasteiger partial charge < -0.3 is 11.1 Å². The van der Waals surface area contributed by atoms with Gasteiger partial charge in [-0.05, 0) is 31.0 Å². The van der Waals surface area contributed by atoms with E-state index in [0.717, 1.165) is 11.3 Å². The molecular formula is C17H20N4O4. The minimum Gasteiger partial charge on any atom is -0.383 e. The largest absolute Gasteiger partial charge is 0.383 e. The second-order valence-corrected chi connectivity index (χ2v) is 6.26. The van der Waals surface area contributed by atoms with E-state index in [0.29, 0.717) is 12.2 Å². The zero-order chi connectivity index (χ0) is 18.1. The molecule has 8 heteroatoms. The molecule has 25 heavy (non-hydrogen) atoms. The molecule has 2 aliphatic heterocycles. The second-order valence-electron chi connectivity index (χ2n) is 6.26. The molecule has 4 amide bonds. The first kappa shape index (κ1) is 17.1. The Labute approximate surface area is 144 Å². The van der Waals surface area contributed by atoms with E-state index < -0.39 is 29.7 Å². The van der Waals surface area contributed by atoms with Crippen molar-refractivity contribution in [2.75, 3.05) is 11.9 Å². The highest BCUT2D eigenvalue weighted by molar-refractivity contribution is 6.23. The maximum atomic E-state index is 12.7. The van der Waals surface area contributed by atoms with Gasteiger partial charge in [-0.25, -0.2) is 0 Å². The highest BCUT2D eigenvalue weighted by Crippen LogP contribution is 2.29. The molecule has 0 aromatic heterocycles. The number of carbonyl (C=O) groups is 4. The van der Waals surface area contributed by atoms with Crippen LogP contribution in [0.1, 0.15) is 46.9 Å². The third-order valence-electron chi connectivity index (χ3n) is 4.53. The van der Waals surface area contributed by atoms with Crippen LogP contribution in [0.25, 0.3) is 0 Å². The molecule has 132 valence electrons. The molecule has 0 aliphatic carbocycles. The van der Waals surface area contributed by atoms with Crippen molar-refractivity contribution in [2.24, 2.45) is 5.73 Å². The molecule has 0 radical (unpaired) electrons. The Bertz CT molecular complexity index is 761. The summed E-state index contributed by atoms with van der Waals surface area (Å²) < 4.78 is 0. The number of carbonyl (C=O) groups excluding carboxylic acids is 4. The van der Waals surface area contributed by atoms with Gasteiger partial charge in [0.1, 0.15) is 6.04 Å². The zero-order valence-electron chi connectivity index (χ0n) is 13.9. The summed E-state index contributed by atoms with van der Waals surface area (Å²) in [5.41, 5.74) is 7.07. The van der Waals surface area contributed by atoms with Gasteiger partial charge in [-0.1, -0.05) is 6.92 Å². The summed E-state index contributed by atoms with van der Waals surface area (Å²) in [5, 5.41) is 5.31. The third-order valence-corrected chi connectivity index (χ3v) is 4.53. The molecule has 2 unspecified atom stereocenters. The molecule has 1 aromatic carbocycles. The summed E-state index contributed by atoms with van der Waals surface area (Å²) >= 11 is 0. The van der Waals surface area contributed by atoms with Gasteiger partial charge in [-0.2, -0.15) is 0 Å². The minimum absolute atomic E-state index is 0.00874. The highest BCUT2D eigenvalue weighted by Gasteiger charge is 2.44. The molecule has 2 aliphatic rings. The molecular weight excluding hydrogens is 324 g/mol. The number of imide groups is 2. The number of nitrogens with two attached hydrogens (primary N) is 1. The van der Waals surface area contributed by atoms with Crippen LogP contribution in [0.5, 0.6) is 0 Å². The van der Waals surface area contributed by atoms with Crippen molar-refractivity contribution in [3.8, 4) is 0 Å². The van der Waals surface area contributed by atoms with Gasteiger partial charge in [0.25, 0.3) is 11.8 Å². The van der Waals surface area contributed by atoms with E-state index in [1.165, 1.54) is 0 Å². The van der Waals surface area contributed by atoms with Crippen molar-refractivity contribution in [1.29, 1.82) is 0 Å². The predicted octanol–water partition coefficient (Wildman–Crippen LogP) is 0.237. The Balaban J connectivity index is 1.82. The average Bonchev–Trinajstić information content (AvgIpc) is 2.84. The number of nitrogens with zero attached hydrogens (tertiary/aromatic N) is 1. The van der Waals surface area contributed by atoms with Crippen LogP contribution >= 0.6 is 0 Å². The lowest BCUT2D eigenvalue weighted by Crippen LogP contribution is -2.54. The first-order valence-electron chi connectivity index (χ1n) is 8.27. The smallest absolute Gasteiger partial charge is 0.262 e. The van der Waals surface area contributed by atoms with E-state index in [9.17, 15) is 19.2 Å². The molecule has 0 saturated carbocycles. The molecule has 2 atom stereocenters. The Morgan fingerprint density at radius 1 is 1.24 bits per heavy atom. The Kier molecular flexibility index (Phi) is 4.54. The van der Waals surface area contributed by atoms with Crippen LogP contribution in [-0.2, 0) is 9.59 Å². The summed E-state index contributed by atoms with van der Waals surface area (Å²) in [4.78, 5) is 49.5. The van der Waals surface area contributed by atoms with Gasteiger partial charge in [-0.15, -0.1) is 0 Å². The van der Waals surface area contributed by atoms with Crippen molar-refractivity contribution in [3.63, 3.8) is 0 Å². The third kappa shape index (κ3) is 3.12. The van der Waals surface area contributed by atoms with E-state index >= 15 is 0 Å². The lowest BCUT2D eigenvalue weighted by atomic mass is 10.0. The van der Waals surface area contributed by atoms with Gasteiger partial charge in [0.2, 0.25) is 11.8 Å². The normalized spacial score (nSPS) is 21.2. The Morgan fingerprint density at radius 3 is 2.64 bits per heavy atom. The summed E-state index contributed by atoms with van der Waals surface area (Å²) in [7, 11) is 0. The number of hydrogen-bond acceptors (Lipinski definition) is 6. The summed E-state index contributed by atoms with van der Waals surface area (Å²) in [6.07, 6.45) is 1.07. The average molecular weight is 344 g/mol. The topological polar surface area (TPSA) is 122 Å². The van der Waals surface area contributed by atoms with E-state index in [-0.39, 0.29) is 30.0 Å². The Hall–Kier alpha value is -2.74. The maximum Gasteiger partial charge on any atom is 0.262 e. The van der Waals surface area contributed by atoms with Crippen LogP contribution in [0.4, 0.5) is 5.69 Å². The van der Waals surface area contributed by atoms with Crippen LogP contribution in [0.2, 0.25) is 0 Å². The fourth-order valence-electron chi connectivity index (χ4n) is 2.97. The summed E-state index contributed by atoms with van der Waals surface area (Å²) in [6.45, 7) is 2.53. The van der Waals surface area contributed by atoms with E-state index in [1.807, 2.05) is 6.92 Å². The van der Waals surface area contributed by atoms with Crippen molar-refractivity contribution < 1.29 is 19.2 Å². The number of anilines is 1. The monoisotopic (exact) mass is 344 g/mol. The van der Waals surface area contributed by atoms with E-state index in [2.05, 4.69) is 10.6 Å². The molecule has 0 bridgehead atoms. The SMILES string of the molecule is CCC(N)CNc1ccc2c(c1)C(=O)N(C1CCC(=O)NC1=O)C2=O. The standard InChI is InChI=1S/C17H20N4O4/c1-2-9(18)8-19-10-3-4-11-12(7-10)17(25)21(16(11)24)13-5-6-14(22)20-15(13)23/h3-4,7,9,13,19H,2,5-6,8,18H2,1H3,(H,20,22,23). The van der Waals surface area contributed by atoms with Gasteiger partial charge in [0.05, 0.1) is 11.1 Å². The molecule has 3 rings (SSSR count). The van der Waals surface area contributed by atoms with Crippen molar-refractivity contribution in [2.45, 2.75) is 38.3 Å². The van der Waals surface area contributed by atoms with Crippen molar-refractivity contribution >= 4 is 29.3 Å². The maximum absolute atomic E-state index is 12.7. The number of rotatable bonds is 5. The number of piperidine rings is 1. The van der Waals surface area contributed by atoms with Gasteiger partial charge in [0, 0.05) is 24.7 Å². The number of amides is 4. The molecule has 4 N–H and O–H groups in total. The van der Waals surface area contributed by atoms with Crippen LogP contribution in [0.3, 0.4) is 0 Å². The number of benzene rings is 1. The van der Waals surface area contributed by atoms with Crippen molar-refractivity contribution in [1.82, 2.24) is 10.2 Å². The van der Waals surface area contributed by atoms with Crippen LogP contribution in [0, 0.1) is 0 Å². The Morgan fingerprint density at radius 2 is 1.96 bits per heavy atom. The predicted molar refractivity (Wildman–Crippen MR) is 89.9 cm³/mol. The molecule has 8 nitrogen and oxygen atoms in total. The molecule has 2 heterocycles. The first-order chi connectivity index (χ1) is 11.9. The fourth-order valence-corrected chi connectivity index (χ4v) is 2.97. The lowest BCUT2D eigenvalue weighted by molar-refractivity contribution is -0.136. The van der Waals surface area contributed by atoms with Crippen LogP contribution in [-0.4, -0.2) is 47.2 Å². The number of hydrogen-bond donors (Lipinski definition) is 3. The lowest BCUT2D eigenvalue weighted by Gasteiger charge is -2.27. The summed E-state index contributed by atoms with van der Waals surface area (Å²) in [5.74, 6) is -2.03. The fraction of sp³-hybridized carbons (Fsp3) is 0.412. The van der Waals surface area contributed by atoms with Gasteiger partial charge in [0.15, 0.2) is 0 Å². The quantitative estimate of drug-likeness (QED) is 0.658. The molecule has 1 fully saturated rings. The molecule has 0 spiro atoms. The second kappa shape index (κ2) is 6.64. The van der Waals surface area contributed by atoms with Crippen LogP contribution in [0.15, 0.2) is 18.2 Å². The van der Waals surface area contributed by atoms with Gasteiger partial charge >= 0.3 is 0 Å². The summed E-state index contributed by atoms with van der Waals surface area (Å²) in [6, 6.07) is 3.92. The number of nitrogens with one attached hydrogen (secondary N) is 2.